The summed E-state index contributed by atoms with van der Waals surface area (Å²) in [4.78, 5) is 41.6. The van der Waals surface area contributed by atoms with Gasteiger partial charge in [-0.15, -0.1) is 0 Å². The van der Waals surface area contributed by atoms with Crippen molar-refractivity contribution in [2.24, 2.45) is 0 Å². The summed E-state index contributed by atoms with van der Waals surface area (Å²) in [6.45, 7) is 0.879. The zero-order valence-electron chi connectivity index (χ0n) is 17.8. The lowest BCUT2D eigenvalue weighted by atomic mass is 9.91. The number of hydrogen-bond donors (Lipinski definition) is 1. The highest BCUT2D eigenvalue weighted by atomic mass is 35.5. The maximum absolute atomic E-state index is 12.8. The van der Waals surface area contributed by atoms with Gasteiger partial charge < -0.3 is 10.0 Å². The SMILES string of the molecule is O=C(CCc1ccc([N+](=O)[O-])cc1)N1CCC(O)(Cn2cnc3cc(Cl)ccc3c2=O)CC1. The van der Waals surface area contributed by atoms with E-state index in [1.54, 1.807) is 35.2 Å². The van der Waals surface area contributed by atoms with Gasteiger partial charge in [-0.1, -0.05) is 23.7 Å². The van der Waals surface area contributed by atoms with Crippen LogP contribution < -0.4 is 5.56 Å². The van der Waals surface area contributed by atoms with Gasteiger partial charge in [-0.25, -0.2) is 4.98 Å². The number of hydrogen-bond acceptors (Lipinski definition) is 6. The summed E-state index contributed by atoms with van der Waals surface area (Å²) >= 11 is 5.96. The number of likely N-dealkylation sites (tertiary alicyclic amines) is 1. The summed E-state index contributed by atoms with van der Waals surface area (Å²) < 4.78 is 1.41. The second-order valence-electron chi connectivity index (χ2n) is 8.37. The Bertz CT molecular complexity index is 1250. The predicted molar refractivity (Wildman–Crippen MR) is 123 cm³/mol. The van der Waals surface area contributed by atoms with Crippen LogP contribution >= 0.6 is 11.6 Å². The lowest BCUT2D eigenvalue weighted by Crippen LogP contribution is -2.49. The summed E-state index contributed by atoms with van der Waals surface area (Å²) in [7, 11) is 0. The Kier molecular flexibility index (Phi) is 6.44. The number of rotatable bonds is 6. The maximum atomic E-state index is 12.8. The van der Waals surface area contributed by atoms with Crippen molar-refractivity contribution in [2.75, 3.05) is 13.1 Å². The van der Waals surface area contributed by atoms with Gasteiger partial charge >= 0.3 is 0 Å². The Balaban J connectivity index is 1.34. The van der Waals surface area contributed by atoms with E-state index in [0.717, 1.165) is 5.56 Å². The van der Waals surface area contributed by atoms with Gasteiger partial charge in [-0.3, -0.25) is 24.3 Å². The molecule has 0 bridgehead atoms. The van der Waals surface area contributed by atoms with Gasteiger partial charge in [0.05, 0.1) is 34.3 Å². The molecule has 0 radical (unpaired) electrons. The number of benzene rings is 2. The number of carbonyl (C=O) groups excluding carboxylic acids is 1. The quantitative estimate of drug-likeness (QED) is 0.437. The van der Waals surface area contributed by atoms with Crippen LogP contribution in [0.4, 0.5) is 5.69 Å². The van der Waals surface area contributed by atoms with Gasteiger partial charge in [-0.2, -0.15) is 0 Å². The van der Waals surface area contributed by atoms with E-state index < -0.39 is 10.5 Å². The van der Waals surface area contributed by atoms with Crippen molar-refractivity contribution in [1.29, 1.82) is 0 Å². The number of nitrogens with zero attached hydrogens (tertiary/aromatic N) is 4. The molecular weight excluding hydrogens is 448 g/mol. The van der Waals surface area contributed by atoms with Crippen molar-refractivity contribution in [1.82, 2.24) is 14.5 Å². The molecule has 10 heteroatoms. The molecule has 0 spiro atoms. The minimum atomic E-state index is -1.11. The van der Waals surface area contributed by atoms with Crippen LogP contribution in [0.25, 0.3) is 10.9 Å². The summed E-state index contributed by atoms with van der Waals surface area (Å²) in [6.07, 6.45) is 2.88. The zero-order chi connectivity index (χ0) is 23.6. The van der Waals surface area contributed by atoms with E-state index in [2.05, 4.69) is 4.98 Å². The summed E-state index contributed by atoms with van der Waals surface area (Å²) in [5.41, 5.74) is 0.0218. The molecular formula is C23H23ClN4O5. The largest absolute Gasteiger partial charge is 0.388 e. The number of aryl methyl sites for hydroxylation is 1. The Morgan fingerprint density at radius 1 is 1.18 bits per heavy atom. The molecule has 0 unspecified atom stereocenters. The van der Waals surface area contributed by atoms with Gasteiger partial charge in [-0.05, 0) is 43.0 Å². The van der Waals surface area contributed by atoms with Gasteiger partial charge in [0.1, 0.15) is 0 Å². The van der Waals surface area contributed by atoms with Crippen molar-refractivity contribution < 1.29 is 14.8 Å². The highest BCUT2D eigenvalue weighted by molar-refractivity contribution is 6.31. The number of halogens is 1. The predicted octanol–water partition coefficient (Wildman–Crippen LogP) is 2.94. The Hall–Kier alpha value is -3.30. The first-order valence-electron chi connectivity index (χ1n) is 10.6. The van der Waals surface area contributed by atoms with E-state index in [4.69, 9.17) is 11.6 Å². The molecule has 1 aliphatic rings. The molecule has 172 valence electrons. The smallest absolute Gasteiger partial charge is 0.269 e. The molecule has 1 amide bonds. The fourth-order valence-corrected chi connectivity index (χ4v) is 4.25. The van der Waals surface area contributed by atoms with E-state index in [-0.39, 0.29) is 30.1 Å². The van der Waals surface area contributed by atoms with Crippen molar-refractivity contribution in [2.45, 2.75) is 37.8 Å². The van der Waals surface area contributed by atoms with Crippen molar-refractivity contribution >= 4 is 34.1 Å². The first-order valence-corrected chi connectivity index (χ1v) is 11.0. The van der Waals surface area contributed by atoms with E-state index in [9.17, 15) is 24.8 Å². The third-order valence-electron chi connectivity index (χ3n) is 6.07. The molecule has 1 N–H and O–H groups in total. The van der Waals surface area contributed by atoms with Crippen LogP contribution in [0.5, 0.6) is 0 Å². The fourth-order valence-electron chi connectivity index (χ4n) is 4.09. The summed E-state index contributed by atoms with van der Waals surface area (Å²) in [6, 6.07) is 11.1. The van der Waals surface area contributed by atoms with E-state index in [0.29, 0.717) is 48.3 Å². The number of nitro benzene ring substituents is 1. The number of carbonyl (C=O) groups is 1. The molecule has 2 heterocycles. The third kappa shape index (κ3) is 5.20. The van der Waals surface area contributed by atoms with E-state index >= 15 is 0 Å². The molecule has 1 saturated heterocycles. The standard InChI is InChI=1S/C23H23ClN4O5/c24-17-4-7-19-20(13-17)25-15-27(22(19)30)14-23(31)9-11-26(12-10-23)21(29)8-3-16-1-5-18(6-2-16)28(32)33/h1-2,4-7,13,15,31H,3,8-12,14H2. The van der Waals surface area contributed by atoms with Gasteiger partial charge in [0.15, 0.2) is 0 Å². The molecule has 0 saturated carbocycles. The van der Waals surface area contributed by atoms with Crippen LogP contribution in [0.3, 0.4) is 0 Å². The Labute approximate surface area is 194 Å². The first kappa shape index (κ1) is 22.9. The molecule has 33 heavy (non-hydrogen) atoms. The number of fused-ring (bicyclic) bond motifs is 1. The van der Waals surface area contributed by atoms with Crippen LogP contribution in [0.15, 0.2) is 53.6 Å². The molecule has 1 fully saturated rings. The second kappa shape index (κ2) is 9.29. The second-order valence-corrected chi connectivity index (χ2v) is 8.80. The molecule has 1 aliphatic heterocycles. The molecule has 0 aliphatic carbocycles. The minimum absolute atomic E-state index is 0.0184. The fraction of sp³-hybridized carbons (Fsp3) is 0.348. The minimum Gasteiger partial charge on any atom is -0.388 e. The number of nitro groups is 1. The summed E-state index contributed by atoms with van der Waals surface area (Å²) in [5, 5.41) is 22.7. The Morgan fingerprint density at radius 3 is 2.55 bits per heavy atom. The first-order chi connectivity index (χ1) is 15.7. The molecule has 0 atom stereocenters. The van der Waals surface area contributed by atoms with Crippen LogP contribution in [-0.2, 0) is 17.8 Å². The van der Waals surface area contributed by atoms with E-state index in [1.807, 2.05) is 0 Å². The number of piperidine rings is 1. The molecule has 1 aromatic heterocycles. The van der Waals surface area contributed by atoms with E-state index in [1.165, 1.54) is 23.0 Å². The highest BCUT2D eigenvalue weighted by Crippen LogP contribution is 2.25. The van der Waals surface area contributed by atoms with Crippen LogP contribution in [-0.4, -0.2) is 49.1 Å². The highest BCUT2D eigenvalue weighted by Gasteiger charge is 2.34. The lowest BCUT2D eigenvalue weighted by molar-refractivity contribution is -0.384. The van der Waals surface area contributed by atoms with Gasteiger partial charge in [0.25, 0.3) is 11.2 Å². The van der Waals surface area contributed by atoms with Crippen molar-refractivity contribution in [3.8, 4) is 0 Å². The van der Waals surface area contributed by atoms with Crippen molar-refractivity contribution in [3.05, 3.63) is 79.8 Å². The Morgan fingerprint density at radius 2 is 1.88 bits per heavy atom. The normalized spacial score (nSPS) is 15.5. The third-order valence-corrected chi connectivity index (χ3v) is 6.31. The van der Waals surface area contributed by atoms with Crippen LogP contribution in [0, 0.1) is 10.1 Å². The lowest BCUT2D eigenvalue weighted by Gasteiger charge is -2.38. The maximum Gasteiger partial charge on any atom is 0.269 e. The number of aromatic nitrogens is 2. The monoisotopic (exact) mass is 470 g/mol. The topological polar surface area (TPSA) is 119 Å². The average molecular weight is 471 g/mol. The molecule has 3 aromatic rings. The van der Waals surface area contributed by atoms with Crippen LogP contribution in [0.1, 0.15) is 24.8 Å². The summed E-state index contributed by atoms with van der Waals surface area (Å²) in [5.74, 6) is -0.0307. The number of amides is 1. The number of aliphatic hydroxyl groups is 1. The van der Waals surface area contributed by atoms with Gasteiger partial charge in [0, 0.05) is 36.7 Å². The molecule has 2 aromatic carbocycles. The molecule has 4 rings (SSSR count). The van der Waals surface area contributed by atoms with Crippen molar-refractivity contribution in [3.63, 3.8) is 0 Å². The average Bonchev–Trinajstić information content (AvgIpc) is 2.80. The molecule has 9 nitrogen and oxygen atoms in total. The number of non-ortho nitro benzene ring substituents is 1. The zero-order valence-corrected chi connectivity index (χ0v) is 18.6. The van der Waals surface area contributed by atoms with Gasteiger partial charge in [0.2, 0.25) is 5.91 Å². The van der Waals surface area contributed by atoms with Crippen LogP contribution in [0.2, 0.25) is 5.02 Å².